The lowest BCUT2D eigenvalue weighted by atomic mass is 9.63. The van der Waals surface area contributed by atoms with Crippen molar-refractivity contribution in [3.63, 3.8) is 0 Å². The summed E-state index contributed by atoms with van der Waals surface area (Å²) in [5.74, 6) is 0.939. The number of ketones is 1. The van der Waals surface area contributed by atoms with Crippen LogP contribution in [-0.4, -0.2) is 35.6 Å². The number of hydrogen-bond acceptors (Lipinski definition) is 2. The van der Waals surface area contributed by atoms with E-state index < -0.39 is 0 Å². The number of fused-ring (bicyclic) bond motifs is 3. The second-order valence-corrected chi connectivity index (χ2v) is 9.02. The molecule has 2 aromatic carbocycles. The standard InChI is InChI=1S/C25H28ClNO2/c1-25-14-13-24(29)27(2)23(25)12-10-20-16-19(9-11-21(20)25)17-5-7-18(8-6-17)22(28)4-3-15-26/h5-9,11,16,23H,3-4,10,12-15H2,1-2H3/t23-,25-/m1/s1. The number of Topliss-reactive ketones (excluding diaryl/α,β-unsaturated/α-hetero) is 1. The van der Waals surface area contributed by atoms with Gasteiger partial charge in [0.25, 0.3) is 0 Å². The maximum Gasteiger partial charge on any atom is 0.222 e. The number of alkyl halides is 1. The zero-order valence-electron chi connectivity index (χ0n) is 17.2. The lowest BCUT2D eigenvalue weighted by Gasteiger charge is -2.50. The van der Waals surface area contributed by atoms with Crippen LogP contribution in [0.2, 0.25) is 0 Å². The topological polar surface area (TPSA) is 37.4 Å². The molecule has 1 aliphatic heterocycles. The van der Waals surface area contributed by atoms with Crippen LogP contribution >= 0.6 is 11.6 Å². The van der Waals surface area contributed by atoms with Crippen LogP contribution in [0.1, 0.15) is 60.5 Å². The quantitative estimate of drug-likeness (QED) is 0.491. The Kier molecular flexibility index (Phi) is 5.52. The maximum atomic E-state index is 12.2. The van der Waals surface area contributed by atoms with Gasteiger partial charge in [-0.25, -0.2) is 0 Å². The molecule has 3 nitrogen and oxygen atoms in total. The van der Waals surface area contributed by atoms with Gasteiger partial charge in [-0.15, -0.1) is 11.6 Å². The minimum absolute atomic E-state index is 0.0352. The third kappa shape index (κ3) is 3.61. The van der Waals surface area contributed by atoms with Crippen molar-refractivity contribution >= 4 is 23.3 Å². The Balaban J connectivity index is 1.60. The molecule has 152 valence electrons. The first kappa shape index (κ1) is 20.2. The van der Waals surface area contributed by atoms with Crippen LogP contribution in [0.25, 0.3) is 11.1 Å². The Morgan fingerprint density at radius 1 is 1.14 bits per heavy atom. The molecule has 1 saturated heterocycles. The number of rotatable bonds is 5. The third-order valence-electron chi connectivity index (χ3n) is 6.94. The van der Waals surface area contributed by atoms with E-state index in [2.05, 4.69) is 25.1 Å². The van der Waals surface area contributed by atoms with Gasteiger partial charge in [-0.1, -0.05) is 49.4 Å². The first-order valence-corrected chi connectivity index (χ1v) is 11.1. The molecular weight excluding hydrogens is 382 g/mol. The molecule has 2 aromatic rings. The molecule has 1 aliphatic carbocycles. The van der Waals surface area contributed by atoms with E-state index in [0.29, 0.717) is 31.2 Å². The summed E-state index contributed by atoms with van der Waals surface area (Å²) in [6, 6.07) is 15.0. The molecule has 0 unspecified atom stereocenters. The van der Waals surface area contributed by atoms with E-state index in [1.807, 2.05) is 36.2 Å². The molecule has 0 saturated carbocycles. The van der Waals surface area contributed by atoms with Crippen molar-refractivity contribution < 1.29 is 9.59 Å². The Bertz CT molecular complexity index is 936. The largest absolute Gasteiger partial charge is 0.342 e. The van der Waals surface area contributed by atoms with E-state index in [1.165, 1.54) is 16.7 Å². The fourth-order valence-corrected chi connectivity index (χ4v) is 5.32. The minimum Gasteiger partial charge on any atom is -0.342 e. The first-order chi connectivity index (χ1) is 13.9. The average molecular weight is 410 g/mol. The zero-order chi connectivity index (χ0) is 20.6. The summed E-state index contributed by atoms with van der Waals surface area (Å²) in [6.07, 6.45) is 4.78. The number of amides is 1. The summed E-state index contributed by atoms with van der Waals surface area (Å²) in [7, 11) is 1.96. The SMILES string of the molecule is CN1C(=O)CC[C@]2(C)c3ccc(-c4ccc(C(=O)CCCCl)cc4)cc3CC[C@@H]12. The number of likely N-dealkylation sites (tertiary alicyclic amines) is 1. The van der Waals surface area contributed by atoms with Crippen molar-refractivity contribution in [3.8, 4) is 11.1 Å². The fraction of sp³-hybridized carbons (Fsp3) is 0.440. The van der Waals surface area contributed by atoms with Gasteiger partial charge in [0.05, 0.1) is 0 Å². The summed E-state index contributed by atoms with van der Waals surface area (Å²) in [5.41, 5.74) is 5.89. The monoisotopic (exact) mass is 409 g/mol. The van der Waals surface area contributed by atoms with Crippen molar-refractivity contribution in [3.05, 3.63) is 59.2 Å². The summed E-state index contributed by atoms with van der Waals surface area (Å²) in [6.45, 7) is 2.32. The van der Waals surface area contributed by atoms with E-state index in [4.69, 9.17) is 11.6 Å². The molecule has 2 atom stereocenters. The van der Waals surface area contributed by atoms with Gasteiger partial charge in [-0.05, 0) is 47.9 Å². The molecule has 0 N–H and O–H groups in total. The van der Waals surface area contributed by atoms with Gasteiger partial charge < -0.3 is 4.90 Å². The van der Waals surface area contributed by atoms with E-state index in [-0.39, 0.29) is 17.1 Å². The second kappa shape index (κ2) is 7.95. The molecule has 1 heterocycles. The van der Waals surface area contributed by atoms with Crippen LogP contribution in [0.5, 0.6) is 0 Å². The van der Waals surface area contributed by atoms with Crippen molar-refractivity contribution in [1.29, 1.82) is 0 Å². The van der Waals surface area contributed by atoms with Gasteiger partial charge in [-0.3, -0.25) is 9.59 Å². The number of benzene rings is 2. The van der Waals surface area contributed by atoms with Crippen molar-refractivity contribution in [2.45, 2.75) is 56.9 Å². The van der Waals surface area contributed by atoms with Crippen LogP contribution < -0.4 is 0 Å². The lowest BCUT2D eigenvalue weighted by Crippen LogP contribution is -2.56. The normalized spacial score (nSPS) is 23.5. The summed E-state index contributed by atoms with van der Waals surface area (Å²) in [4.78, 5) is 26.3. The predicted molar refractivity (Wildman–Crippen MR) is 118 cm³/mol. The van der Waals surface area contributed by atoms with Crippen LogP contribution in [0, 0.1) is 0 Å². The zero-order valence-corrected chi connectivity index (χ0v) is 18.0. The van der Waals surface area contributed by atoms with Gasteiger partial charge in [0.15, 0.2) is 5.78 Å². The number of carbonyl (C=O) groups is 2. The number of aryl methyl sites for hydroxylation is 1. The van der Waals surface area contributed by atoms with Crippen LogP contribution in [0.15, 0.2) is 42.5 Å². The highest BCUT2D eigenvalue weighted by Gasteiger charge is 2.46. The number of carbonyl (C=O) groups excluding carboxylic acids is 2. The minimum atomic E-state index is 0.0352. The van der Waals surface area contributed by atoms with Crippen molar-refractivity contribution in [1.82, 2.24) is 4.90 Å². The smallest absolute Gasteiger partial charge is 0.222 e. The van der Waals surface area contributed by atoms with Gasteiger partial charge in [0, 0.05) is 42.8 Å². The highest BCUT2D eigenvalue weighted by molar-refractivity contribution is 6.18. The lowest BCUT2D eigenvalue weighted by molar-refractivity contribution is -0.138. The van der Waals surface area contributed by atoms with E-state index in [0.717, 1.165) is 30.4 Å². The highest BCUT2D eigenvalue weighted by atomic mass is 35.5. The van der Waals surface area contributed by atoms with Gasteiger partial charge >= 0.3 is 0 Å². The summed E-state index contributed by atoms with van der Waals surface area (Å²) < 4.78 is 0. The molecule has 0 bridgehead atoms. The number of piperidine rings is 1. The van der Waals surface area contributed by atoms with Gasteiger partial charge in [0.1, 0.15) is 0 Å². The van der Waals surface area contributed by atoms with Gasteiger partial charge in [0.2, 0.25) is 5.91 Å². The Morgan fingerprint density at radius 3 is 2.59 bits per heavy atom. The van der Waals surface area contributed by atoms with Crippen LogP contribution in [0.3, 0.4) is 0 Å². The number of hydrogen-bond donors (Lipinski definition) is 0. The Labute approximate surface area is 178 Å². The average Bonchev–Trinajstić information content (AvgIpc) is 2.74. The van der Waals surface area contributed by atoms with E-state index in [1.54, 1.807) is 0 Å². The predicted octanol–water partition coefficient (Wildman–Crippen LogP) is 5.38. The summed E-state index contributed by atoms with van der Waals surface area (Å²) in [5, 5.41) is 0. The van der Waals surface area contributed by atoms with E-state index >= 15 is 0 Å². The molecule has 4 rings (SSSR count). The Hall–Kier alpha value is -2.13. The molecule has 2 aliphatic rings. The maximum absolute atomic E-state index is 12.2. The molecule has 4 heteroatoms. The molecule has 0 radical (unpaired) electrons. The fourth-order valence-electron chi connectivity index (χ4n) is 5.19. The summed E-state index contributed by atoms with van der Waals surface area (Å²) >= 11 is 5.69. The third-order valence-corrected chi connectivity index (χ3v) is 7.21. The number of halogens is 1. The van der Waals surface area contributed by atoms with Crippen LogP contribution in [0.4, 0.5) is 0 Å². The highest BCUT2D eigenvalue weighted by Crippen LogP contribution is 2.46. The van der Waals surface area contributed by atoms with Crippen LogP contribution in [-0.2, 0) is 16.6 Å². The molecule has 0 aromatic heterocycles. The molecule has 0 spiro atoms. The number of nitrogens with zero attached hydrogens (tertiary/aromatic N) is 1. The van der Waals surface area contributed by atoms with Crippen molar-refractivity contribution in [2.24, 2.45) is 0 Å². The molecular formula is C25H28ClNO2. The molecule has 1 amide bonds. The van der Waals surface area contributed by atoms with E-state index in [9.17, 15) is 9.59 Å². The number of likely N-dealkylation sites (N-methyl/N-ethyl adjacent to an activating group) is 1. The first-order valence-electron chi connectivity index (χ1n) is 10.5. The second-order valence-electron chi connectivity index (χ2n) is 8.64. The Morgan fingerprint density at radius 2 is 1.86 bits per heavy atom. The van der Waals surface area contributed by atoms with Crippen molar-refractivity contribution in [2.75, 3.05) is 12.9 Å². The molecule has 1 fully saturated rings. The van der Waals surface area contributed by atoms with Gasteiger partial charge in [-0.2, -0.15) is 0 Å². The molecule has 29 heavy (non-hydrogen) atoms.